The lowest BCUT2D eigenvalue weighted by Crippen LogP contribution is -2.74. The van der Waals surface area contributed by atoms with Gasteiger partial charge in [-0.1, -0.05) is 510 Å². The number of hydrogen-bond acceptors (Lipinski definition) is 2. The van der Waals surface area contributed by atoms with Gasteiger partial charge < -0.3 is 9.80 Å². The SMILES string of the molecule is c1ccc(N(c2ccccc2)c2ccc3cc(-c4cccc5c(-c6ccc(-c7ccc8cc(N(c9ccccc9)c9ccccc9)ccc8c7)c7ccccc67)cccc45)ccc3c2)cc1.c1ccc([Si](c2ccccc2)(c2ccccc2)c2ccc(-c3cccc4c(-c5ccc(-c6ccc([Si](c7ccccc7)(c7ccccc7)c7ccccc7)c7ccccc67)c6ccccc56)cccc34)c3ccccc23)cc1. The number of fused-ring (bicyclic) bond motifs is 8. The molecule has 0 radical (unpaired) electrons. The number of anilines is 6. The number of rotatable bonds is 20. The second-order valence-electron chi connectivity index (χ2n) is 37.4. The van der Waals surface area contributed by atoms with E-state index < -0.39 is 16.1 Å². The van der Waals surface area contributed by atoms with E-state index in [0.717, 1.165) is 34.1 Å². The molecule has 0 bridgehead atoms. The minimum absolute atomic E-state index is 1.13. The monoisotopic (exact) mass is 1860 g/mol. The fourth-order valence-corrected chi connectivity index (χ4v) is 33.1. The molecule has 4 heteroatoms. The Hall–Kier alpha value is -18.2. The molecule has 26 aromatic rings. The number of nitrogens with zero attached hydrogens (tertiary/aromatic N) is 2. The van der Waals surface area contributed by atoms with E-state index in [9.17, 15) is 0 Å². The first-order chi connectivity index (χ1) is 71.5. The molecule has 0 saturated heterocycles. The molecule has 26 aromatic carbocycles. The molecular weight excluding hydrogens is 1770 g/mol. The van der Waals surface area contributed by atoms with Crippen molar-refractivity contribution in [2.24, 2.45) is 0 Å². The summed E-state index contributed by atoms with van der Waals surface area (Å²) in [5, 5.41) is 30.9. The summed E-state index contributed by atoms with van der Waals surface area (Å²) >= 11 is 0. The van der Waals surface area contributed by atoms with Crippen molar-refractivity contribution in [2.75, 3.05) is 9.80 Å². The van der Waals surface area contributed by atoms with Crippen LogP contribution in [0, 0.1) is 0 Å². The maximum absolute atomic E-state index is 2.82. The van der Waals surface area contributed by atoms with Crippen LogP contribution in [0.3, 0.4) is 0 Å². The minimum atomic E-state index is -2.82. The fourth-order valence-electron chi connectivity index (χ4n) is 23.2. The van der Waals surface area contributed by atoms with Crippen molar-refractivity contribution in [3.63, 3.8) is 0 Å². The molecule has 144 heavy (non-hydrogen) atoms. The molecule has 676 valence electrons. The van der Waals surface area contributed by atoms with Crippen LogP contribution >= 0.6 is 0 Å². The molecule has 0 aliphatic heterocycles. The van der Waals surface area contributed by atoms with E-state index >= 15 is 0 Å². The van der Waals surface area contributed by atoms with Crippen molar-refractivity contribution < 1.29 is 0 Å². The highest BCUT2D eigenvalue weighted by atomic mass is 28.3. The summed E-state index contributed by atoms with van der Waals surface area (Å²) in [6.07, 6.45) is 0. The van der Waals surface area contributed by atoms with Crippen LogP contribution in [0.5, 0.6) is 0 Å². The van der Waals surface area contributed by atoms with Crippen LogP contribution in [0.4, 0.5) is 34.1 Å². The Bertz CT molecular complexity index is 8520. The molecule has 0 aliphatic carbocycles. The molecule has 0 fully saturated rings. The standard InChI is InChI=1S/C76H54Si2.C64H44N2/c1-7-27-55(28-8-1)77(56-29-9-2-10-30-56,57-31-11-3-12-32-57)75-53-51-71(67-41-21-23-43-73(67)75)66-48-26-45-63-64(66)46-25-47-65(63)69-49-50-70(62-40-20-19-39-61(62)69)72-52-54-76(74-44-24-22-42-68(72)74)78(58-33-13-4-14-34-58,59-35-15-5-16-36-59)60-37-17-6-18-38-60;1-5-17-51(18-6-1)65(52-19-7-2-8-20-52)55-37-35-45-41-49(33-31-47(45)43-55)57-27-15-29-62-60(57)28-16-30-63(62)64-40-39-58(59-25-13-14-26-61(59)64)50-34-32-48-44-56(38-36-46(48)42-50)66(53-21-9-3-10-22-53)54-23-11-4-12-24-54/h1-54H;1-44H. The normalized spacial score (nSPS) is 11.6. The van der Waals surface area contributed by atoms with Gasteiger partial charge in [0, 0.05) is 34.1 Å². The predicted octanol–water partition coefficient (Wildman–Crippen LogP) is 32.3. The van der Waals surface area contributed by atoms with E-state index in [2.05, 4.69) is 604 Å². The Kier molecular flexibility index (Phi) is 23.2. The lowest BCUT2D eigenvalue weighted by molar-refractivity contribution is 1.29. The zero-order valence-electron chi connectivity index (χ0n) is 79.5. The molecular formula is C140H98N2Si2. The van der Waals surface area contributed by atoms with Crippen molar-refractivity contribution in [3.8, 4) is 66.8 Å². The highest BCUT2D eigenvalue weighted by Crippen LogP contribution is 2.48. The molecule has 0 aliphatic rings. The Morgan fingerprint density at radius 2 is 0.292 bits per heavy atom. The summed E-state index contributed by atoms with van der Waals surface area (Å²) in [6, 6.07) is 220. The lowest BCUT2D eigenvalue weighted by Gasteiger charge is -2.35. The summed E-state index contributed by atoms with van der Waals surface area (Å²) in [5.41, 5.74) is 21.5. The Labute approximate surface area is 842 Å². The van der Waals surface area contributed by atoms with Gasteiger partial charge in [0.1, 0.15) is 0 Å². The highest BCUT2D eigenvalue weighted by Gasteiger charge is 2.45. The number of hydrogen-bond donors (Lipinski definition) is 0. The van der Waals surface area contributed by atoms with Crippen molar-refractivity contribution in [1.29, 1.82) is 0 Å². The van der Waals surface area contributed by atoms with Gasteiger partial charge in [0.15, 0.2) is 16.1 Å². The third kappa shape index (κ3) is 15.6. The summed E-state index contributed by atoms with van der Waals surface area (Å²) < 4.78 is 0. The largest absolute Gasteiger partial charge is 0.310 e. The topological polar surface area (TPSA) is 6.48 Å². The molecule has 0 spiro atoms. The van der Waals surface area contributed by atoms with E-state index in [1.165, 1.54) is 194 Å². The summed E-state index contributed by atoms with van der Waals surface area (Å²) in [7, 11) is -5.64. The van der Waals surface area contributed by atoms with Gasteiger partial charge in [-0.05, 0) is 279 Å². The lowest BCUT2D eigenvalue weighted by atomic mass is 9.87. The van der Waals surface area contributed by atoms with Crippen molar-refractivity contribution >= 4 is 178 Å². The first kappa shape index (κ1) is 87.3. The van der Waals surface area contributed by atoms with Crippen LogP contribution in [0.1, 0.15) is 0 Å². The van der Waals surface area contributed by atoms with Crippen LogP contribution < -0.4 is 51.3 Å². The Morgan fingerprint density at radius 1 is 0.111 bits per heavy atom. The predicted molar refractivity (Wildman–Crippen MR) is 622 cm³/mol. The average Bonchev–Trinajstić information content (AvgIpc) is 0.711. The number of benzene rings is 26. The third-order valence-electron chi connectivity index (χ3n) is 29.6. The van der Waals surface area contributed by atoms with Gasteiger partial charge in [0.2, 0.25) is 0 Å². The third-order valence-corrected chi connectivity index (χ3v) is 39.3. The summed E-state index contributed by atoms with van der Waals surface area (Å²) in [6.45, 7) is 0. The summed E-state index contributed by atoms with van der Waals surface area (Å²) in [5.74, 6) is 0. The molecule has 0 heterocycles. The zero-order chi connectivity index (χ0) is 95.7. The first-order valence-electron chi connectivity index (χ1n) is 49.8. The maximum atomic E-state index is 2.47. The molecule has 0 N–H and O–H groups in total. The summed E-state index contributed by atoms with van der Waals surface area (Å²) in [4.78, 5) is 4.64. The second-order valence-corrected chi connectivity index (χ2v) is 45.0. The van der Waals surface area contributed by atoms with Gasteiger partial charge in [0.05, 0.1) is 0 Å². The van der Waals surface area contributed by atoms with Gasteiger partial charge in [-0.25, -0.2) is 0 Å². The maximum Gasteiger partial charge on any atom is 0.180 e. The quantitative estimate of drug-likeness (QED) is 0.0554. The van der Waals surface area contributed by atoms with E-state index in [4.69, 9.17) is 0 Å². The molecule has 0 atom stereocenters. The zero-order valence-corrected chi connectivity index (χ0v) is 81.5. The van der Waals surface area contributed by atoms with E-state index in [1.807, 2.05) is 0 Å². The minimum Gasteiger partial charge on any atom is -0.310 e. The highest BCUT2D eigenvalue weighted by molar-refractivity contribution is 7.21. The van der Waals surface area contributed by atoms with Crippen LogP contribution in [-0.4, -0.2) is 16.1 Å². The van der Waals surface area contributed by atoms with Crippen LogP contribution in [0.15, 0.2) is 595 Å². The van der Waals surface area contributed by atoms with Crippen molar-refractivity contribution in [3.05, 3.63) is 595 Å². The van der Waals surface area contributed by atoms with Crippen molar-refractivity contribution in [2.45, 2.75) is 0 Å². The molecule has 0 unspecified atom stereocenters. The van der Waals surface area contributed by atoms with Crippen LogP contribution in [-0.2, 0) is 0 Å². The van der Waals surface area contributed by atoms with Gasteiger partial charge in [-0.15, -0.1) is 0 Å². The smallest absolute Gasteiger partial charge is 0.180 e. The Balaban J connectivity index is 0.000000153. The van der Waals surface area contributed by atoms with E-state index in [1.54, 1.807) is 0 Å². The van der Waals surface area contributed by atoms with E-state index in [0.29, 0.717) is 0 Å². The fraction of sp³-hybridized carbons (Fsp3) is 0. The van der Waals surface area contributed by atoms with Crippen molar-refractivity contribution in [1.82, 2.24) is 0 Å². The molecule has 0 aromatic heterocycles. The molecule has 0 saturated carbocycles. The molecule has 0 amide bonds. The average molecular weight is 1860 g/mol. The second kappa shape index (κ2) is 38.2. The number of para-hydroxylation sites is 4. The van der Waals surface area contributed by atoms with E-state index in [-0.39, 0.29) is 0 Å². The molecule has 26 rings (SSSR count). The van der Waals surface area contributed by atoms with Gasteiger partial charge in [-0.3, -0.25) is 0 Å². The Morgan fingerprint density at radius 3 is 0.562 bits per heavy atom. The van der Waals surface area contributed by atoms with Gasteiger partial charge in [-0.2, -0.15) is 0 Å². The van der Waals surface area contributed by atoms with Crippen LogP contribution in [0.25, 0.3) is 153 Å². The van der Waals surface area contributed by atoms with Gasteiger partial charge >= 0.3 is 0 Å². The van der Waals surface area contributed by atoms with Gasteiger partial charge in [0.25, 0.3) is 0 Å². The molecule has 2 nitrogen and oxygen atoms in total. The first-order valence-corrected chi connectivity index (χ1v) is 53.8. The van der Waals surface area contributed by atoms with Crippen LogP contribution in [0.2, 0.25) is 0 Å².